The van der Waals surface area contributed by atoms with Gasteiger partial charge < -0.3 is 10.2 Å². The van der Waals surface area contributed by atoms with Gasteiger partial charge in [-0.25, -0.2) is 9.18 Å². The second-order valence-corrected chi connectivity index (χ2v) is 5.80. The first-order valence-electron chi connectivity index (χ1n) is 8.14. The van der Waals surface area contributed by atoms with Gasteiger partial charge in [-0.2, -0.15) is 0 Å². The fourth-order valence-electron chi connectivity index (χ4n) is 2.86. The van der Waals surface area contributed by atoms with Gasteiger partial charge in [0.15, 0.2) is 0 Å². The van der Waals surface area contributed by atoms with Crippen LogP contribution in [0.15, 0.2) is 24.3 Å². The molecule has 1 fully saturated rings. The highest BCUT2D eigenvalue weighted by Crippen LogP contribution is 2.14. The van der Waals surface area contributed by atoms with E-state index >= 15 is 0 Å². The number of nitrogens with zero attached hydrogens (tertiary/aromatic N) is 2. The van der Waals surface area contributed by atoms with E-state index in [0.717, 1.165) is 51.1 Å². The largest absolute Gasteiger partial charge is 0.335 e. The Morgan fingerprint density at radius 2 is 1.82 bits per heavy atom. The van der Waals surface area contributed by atoms with Crippen LogP contribution in [0.1, 0.15) is 32.3 Å². The van der Waals surface area contributed by atoms with E-state index in [1.165, 1.54) is 12.1 Å². The quantitative estimate of drug-likeness (QED) is 0.908. The van der Waals surface area contributed by atoms with Crippen molar-refractivity contribution in [2.45, 2.75) is 39.3 Å². The van der Waals surface area contributed by atoms with Crippen LogP contribution >= 0.6 is 0 Å². The molecule has 1 aromatic rings. The van der Waals surface area contributed by atoms with E-state index in [0.29, 0.717) is 0 Å². The topological polar surface area (TPSA) is 35.6 Å². The molecule has 1 aliphatic rings. The molecule has 2 rings (SSSR count). The van der Waals surface area contributed by atoms with Crippen LogP contribution in [0.2, 0.25) is 0 Å². The van der Waals surface area contributed by atoms with Gasteiger partial charge in [0.05, 0.1) is 0 Å². The number of rotatable bonds is 5. The van der Waals surface area contributed by atoms with Crippen molar-refractivity contribution in [2.24, 2.45) is 0 Å². The molecule has 1 aromatic carbocycles. The van der Waals surface area contributed by atoms with Crippen LogP contribution in [0.5, 0.6) is 0 Å². The maximum absolute atomic E-state index is 12.9. The summed E-state index contributed by atoms with van der Waals surface area (Å²) in [7, 11) is 0. The Kier molecular flexibility index (Phi) is 6.19. The van der Waals surface area contributed by atoms with E-state index in [4.69, 9.17) is 0 Å². The predicted octanol–water partition coefficient (Wildman–Crippen LogP) is 2.84. The predicted molar refractivity (Wildman–Crippen MR) is 86.2 cm³/mol. The minimum atomic E-state index is -0.193. The Bertz CT molecular complexity index is 465. The molecule has 5 heteroatoms. The molecule has 4 nitrogen and oxygen atoms in total. The molecule has 1 aliphatic heterocycles. The lowest BCUT2D eigenvalue weighted by atomic mass is 10.0. The van der Waals surface area contributed by atoms with Crippen LogP contribution in [-0.4, -0.2) is 48.1 Å². The first kappa shape index (κ1) is 16.7. The normalized spacial score (nSPS) is 16.5. The highest BCUT2D eigenvalue weighted by Gasteiger charge is 2.22. The van der Waals surface area contributed by atoms with E-state index in [1.54, 1.807) is 0 Å². The molecule has 0 radical (unpaired) electrons. The summed E-state index contributed by atoms with van der Waals surface area (Å²) in [6.07, 6.45) is 1.93. The van der Waals surface area contributed by atoms with Gasteiger partial charge in [0, 0.05) is 38.8 Å². The van der Waals surface area contributed by atoms with Gasteiger partial charge in [-0.3, -0.25) is 4.90 Å². The maximum atomic E-state index is 12.9. The number of halogens is 1. The monoisotopic (exact) mass is 307 g/mol. The van der Waals surface area contributed by atoms with Gasteiger partial charge in [-0.1, -0.05) is 12.1 Å². The summed E-state index contributed by atoms with van der Waals surface area (Å²) in [5, 5.41) is 3.12. The fourth-order valence-corrected chi connectivity index (χ4v) is 2.86. The van der Waals surface area contributed by atoms with Crippen molar-refractivity contribution in [3.8, 4) is 0 Å². The molecule has 22 heavy (non-hydrogen) atoms. The third-order valence-electron chi connectivity index (χ3n) is 4.29. The third kappa shape index (κ3) is 4.70. The van der Waals surface area contributed by atoms with E-state index in [2.05, 4.69) is 10.2 Å². The average Bonchev–Trinajstić information content (AvgIpc) is 2.53. The highest BCUT2D eigenvalue weighted by molar-refractivity contribution is 5.74. The Labute approximate surface area is 132 Å². The first-order chi connectivity index (χ1) is 10.6. The number of nitrogens with one attached hydrogen (secondary N) is 1. The first-order valence-corrected chi connectivity index (χ1v) is 8.14. The van der Waals surface area contributed by atoms with Crippen molar-refractivity contribution in [3.05, 3.63) is 35.6 Å². The number of carbonyl (C=O) groups excluding carboxylic acids is 1. The number of likely N-dealkylation sites (tertiary alicyclic amines) is 1. The molecule has 0 atom stereocenters. The van der Waals surface area contributed by atoms with Gasteiger partial charge >= 0.3 is 6.03 Å². The van der Waals surface area contributed by atoms with Gasteiger partial charge in [0.2, 0.25) is 0 Å². The van der Waals surface area contributed by atoms with Crippen molar-refractivity contribution in [3.63, 3.8) is 0 Å². The van der Waals surface area contributed by atoms with E-state index in [-0.39, 0.29) is 17.9 Å². The van der Waals surface area contributed by atoms with Crippen molar-refractivity contribution in [1.29, 1.82) is 0 Å². The summed E-state index contributed by atoms with van der Waals surface area (Å²) in [6.45, 7) is 8.23. The van der Waals surface area contributed by atoms with Crippen molar-refractivity contribution < 1.29 is 9.18 Å². The van der Waals surface area contributed by atoms with Gasteiger partial charge in [0.25, 0.3) is 0 Å². The summed E-state index contributed by atoms with van der Waals surface area (Å²) < 4.78 is 12.9. The van der Waals surface area contributed by atoms with Crippen molar-refractivity contribution in [2.75, 3.05) is 26.2 Å². The molecule has 0 saturated carbocycles. The van der Waals surface area contributed by atoms with Gasteiger partial charge in [-0.05, 0) is 44.4 Å². The van der Waals surface area contributed by atoms with E-state index in [9.17, 15) is 9.18 Å². The molecule has 0 bridgehead atoms. The highest BCUT2D eigenvalue weighted by atomic mass is 19.1. The minimum Gasteiger partial charge on any atom is -0.335 e. The minimum absolute atomic E-state index is 0.0435. The summed E-state index contributed by atoms with van der Waals surface area (Å²) in [5.74, 6) is -0.193. The number of hydrogen-bond acceptors (Lipinski definition) is 2. The number of urea groups is 1. The molecule has 1 N–H and O–H groups in total. The fraction of sp³-hybridized carbons (Fsp3) is 0.588. The van der Waals surface area contributed by atoms with Gasteiger partial charge in [0.1, 0.15) is 5.82 Å². The summed E-state index contributed by atoms with van der Waals surface area (Å²) in [6, 6.07) is 6.99. The molecule has 1 saturated heterocycles. The van der Waals surface area contributed by atoms with Crippen molar-refractivity contribution >= 4 is 6.03 Å². The molecule has 122 valence electrons. The van der Waals surface area contributed by atoms with E-state index < -0.39 is 0 Å². The van der Waals surface area contributed by atoms with Crippen LogP contribution in [0.25, 0.3) is 0 Å². The molecule has 0 aromatic heterocycles. The molecular weight excluding hydrogens is 281 g/mol. The molecule has 0 unspecified atom stereocenters. The Balaban J connectivity index is 1.75. The zero-order chi connectivity index (χ0) is 15.9. The van der Waals surface area contributed by atoms with Gasteiger partial charge in [-0.15, -0.1) is 0 Å². The maximum Gasteiger partial charge on any atom is 0.317 e. The average molecular weight is 307 g/mol. The lowest BCUT2D eigenvalue weighted by Gasteiger charge is -2.33. The van der Waals surface area contributed by atoms with E-state index in [1.807, 2.05) is 30.9 Å². The second kappa shape index (κ2) is 8.13. The van der Waals surface area contributed by atoms with Crippen molar-refractivity contribution in [1.82, 2.24) is 15.1 Å². The molecular formula is C17H26FN3O. The zero-order valence-electron chi connectivity index (χ0n) is 13.5. The van der Waals surface area contributed by atoms with Crippen LogP contribution in [0.4, 0.5) is 9.18 Å². The molecule has 0 aliphatic carbocycles. The molecule has 0 spiro atoms. The number of benzene rings is 1. The zero-order valence-corrected chi connectivity index (χ0v) is 13.5. The summed E-state index contributed by atoms with van der Waals surface area (Å²) >= 11 is 0. The molecule has 1 heterocycles. The lowest BCUT2D eigenvalue weighted by Crippen LogP contribution is -2.49. The van der Waals surface area contributed by atoms with Crippen LogP contribution in [0.3, 0.4) is 0 Å². The number of carbonyl (C=O) groups is 1. The lowest BCUT2D eigenvalue weighted by molar-refractivity contribution is 0.171. The number of hydrogen-bond donors (Lipinski definition) is 1. The Hall–Kier alpha value is -1.62. The van der Waals surface area contributed by atoms with Crippen LogP contribution in [-0.2, 0) is 6.54 Å². The second-order valence-electron chi connectivity index (χ2n) is 5.80. The third-order valence-corrected chi connectivity index (χ3v) is 4.29. The Morgan fingerprint density at radius 3 is 2.36 bits per heavy atom. The number of piperidine rings is 1. The summed E-state index contributed by atoms with van der Waals surface area (Å²) in [5.41, 5.74) is 1.13. The number of amides is 2. The summed E-state index contributed by atoms with van der Waals surface area (Å²) in [4.78, 5) is 16.2. The Morgan fingerprint density at radius 1 is 1.23 bits per heavy atom. The molecule has 2 amide bonds. The van der Waals surface area contributed by atoms with Crippen LogP contribution < -0.4 is 5.32 Å². The SMILES string of the molecule is CCN(CC)C(=O)NC1CCN(Cc2ccc(F)cc2)CC1. The smallest absolute Gasteiger partial charge is 0.317 e. The standard InChI is InChI=1S/C17H26FN3O/c1-3-21(4-2)17(22)19-16-9-11-20(12-10-16)13-14-5-7-15(18)8-6-14/h5-8,16H,3-4,9-13H2,1-2H3,(H,19,22). The van der Waals surface area contributed by atoms with Crippen LogP contribution in [0, 0.1) is 5.82 Å².